The molecule has 0 aliphatic heterocycles. The van der Waals surface area contributed by atoms with E-state index in [0.29, 0.717) is 0 Å². The number of hydrogen-bond acceptors (Lipinski definition) is 0. The maximum atomic E-state index is 2.36. The fraction of sp³-hybridized carbons (Fsp3) is 0.143. The average molecular weight is 268 g/mol. The van der Waals surface area contributed by atoms with Crippen LogP contribution in [-0.2, 0) is 19.3 Å². The van der Waals surface area contributed by atoms with Crippen LogP contribution in [0.4, 0.5) is 0 Å². The summed E-state index contributed by atoms with van der Waals surface area (Å²) in [5, 5.41) is 0. The van der Waals surface area contributed by atoms with Crippen LogP contribution in [-0.4, -0.2) is 0 Å². The Bertz CT molecular complexity index is 871. The minimum atomic E-state index is 1.08. The number of benzene rings is 3. The summed E-state index contributed by atoms with van der Waals surface area (Å²) in [6.45, 7) is 0. The summed E-state index contributed by atoms with van der Waals surface area (Å²) in [4.78, 5) is 0. The quantitative estimate of drug-likeness (QED) is 0.380. The van der Waals surface area contributed by atoms with E-state index in [0.717, 1.165) is 19.3 Å². The van der Waals surface area contributed by atoms with Crippen LogP contribution in [0.3, 0.4) is 0 Å². The van der Waals surface area contributed by atoms with Crippen molar-refractivity contribution < 1.29 is 0 Å². The fourth-order valence-corrected chi connectivity index (χ4v) is 4.01. The van der Waals surface area contributed by atoms with Gasteiger partial charge in [0.05, 0.1) is 0 Å². The summed E-state index contributed by atoms with van der Waals surface area (Å²) in [5.41, 5.74) is 12.1. The molecule has 2 aliphatic carbocycles. The molecule has 5 rings (SSSR count). The maximum Gasteiger partial charge on any atom is -0.00133 e. The Morgan fingerprint density at radius 2 is 1.10 bits per heavy atom. The monoisotopic (exact) mass is 268 g/mol. The van der Waals surface area contributed by atoms with Gasteiger partial charge in [-0.3, -0.25) is 0 Å². The Labute approximate surface area is 125 Å². The molecule has 0 N–H and O–H groups in total. The van der Waals surface area contributed by atoms with Crippen molar-refractivity contribution in [2.75, 3.05) is 0 Å². The first-order valence-corrected chi connectivity index (χ1v) is 7.69. The molecule has 0 spiro atoms. The van der Waals surface area contributed by atoms with Crippen molar-refractivity contribution >= 4 is 0 Å². The Morgan fingerprint density at radius 1 is 0.476 bits per heavy atom. The van der Waals surface area contributed by atoms with Gasteiger partial charge in [0.1, 0.15) is 0 Å². The van der Waals surface area contributed by atoms with Crippen molar-refractivity contribution in [3.63, 3.8) is 0 Å². The first-order chi connectivity index (χ1) is 10.4. The predicted octanol–water partition coefficient (Wildman–Crippen LogP) is 4.75. The highest BCUT2D eigenvalue weighted by Gasteiger charge is 2.25. The average Bonchev–Trinajstić information content (AvgIpc) is 2.92. The highest BCUT2D eigenvalue weighted by atomic mass is 14.3. The highest BCUT2D eigenvalue weighted by Crippen LogP contribution is 2.43. The molecule has 0 saturated heterocycles. The molecule has 0 atom stereocenters. The first-order valence-electron chi connectivity index (χ1n) is 7.69. The van der Waals surface area contributed by atoms with Gasteiger partial charge in [-0.05, 0) is 63.8 Å². The van der Waals surface area contributed by atoms with Gasteiger partial charge in [-0.2, -0.15) is 0 Å². The van der Waals surface area contributed by atoms with E-state index in [2.05, 4.69) is 60.7 Å². The Balaban J connectivity index is 1.75. The van der Waals surface area contributed by atoms with Crippen molar-refractivity contribution in [3.8, 4) is 11.1 Å². The third kappa shape index (κ3) is 1.56. The molecule has 3 aromatic carbocycles. The molecule has 0 heterocycles. The Kier molecular flexibility index (Phi) is 2.20. The van der Waals surface area contributed by atoms with Gasteiger partial charge in [0.15, 0.2) is 0 Å². The van der Waals surface area contributed by atoms with Crippen LogP contribution in [0.2, 0.25) is 0 Å². The number of hydrogen-bond donors (Lipinski definition) is 0. The molecule has 2 aliphatic rings. The summed E-state index contributed by atoms with van der Waals surface area (Å²) in [6, 6.07) is 22.5. The highest BCUT2D eigenvalue weighted by molar-refractivity contribution is 5.81. The normalized spacial score (nSPS) is 14.1. The zero-order valence-electron chi connectivity index (χ0n) is 11.9. The van der Waals surface area contributed by atoms with Crippen molar-refractivity contribution in [1.29, 1.82) is 0 Å². The van der Waals surface area contributed by atoms with Crippen molar-refractivity contribution in [1.82, 2.24) is 0 Å². The van der Waals surface area contributed by atoms with Gasteiger partial charge < -0.3 is 0 Å². The maximum absolute atomic E-state index is 2.36. The molecule has 0 heteroatoms. The van der Waals surface area contributed by atoms with E-state index < -0.39 is 0 Å². The lowest BCUT2D eigenvalue weighted by Gasteiger charge is -2.22. The van der Waals surface area contributed by atoms with Gasteiger partial charge in [0, 0.05) is 0 Å². The molecule has 21 heavy (non-hydrogen) atoms. The van der Waals surface area contributed by atoms with E-state index in [1.165, 1.54) is 38.9 Å². The molecular formula is C21H16. The van der Waals surface area contributed by atoms with Crippen LogP contribution < -0.4 is 0 Å². The fourth-order valence-electron chi connectivity index (χ4n) is 4.01. The van der Waals surface area contributed by atoms with Crippen LogP contribution in [0.15, 0.2) is 60.7 Å². The molecule has 0 unspecified atom stereocenters. The van der Waals surface area contributed by atoms with Crippen molar-refractivity contribution in [2.45, 2.75) is 19.3 Å². The lowest BCUT2D eigenvalue weighted by Crippen LogP contribution is -2.08. The largest absolute Gasteiger partial charge is 0.0620 e. The summed E-state index contributed by atoms with van der Waals surface area (Å²) >= 11 is 0. The smallest absolute Gasteiger partial charge is 0.00133 e. The lowest BCUT2D eigenvalue weighted by atomic mass is 9.82. The van der Waals surface area contributed by atoms with E-state index in [9.17, 15) is 0 Å². The Morgan fingerprint density at radius 3 is 1.95 bits per heavy atom. The second-order valence-corrected chi connectivity index (χ2v) is 6.19. The van der Waals surface area contributed by atoms with Crippen LogP contribution in [0.25, 0.3) is 11.1 Å². The predicted molar refractivity (Wildman–Crippen MR) is 86.7 cm³/mol. The van der Waals surface area contributed by atoms with Gasteiger partial charge in [0.25, 0.3) is 0 Å². The molecule has 100 valence electrons. The van der Waals surface area contributed by atoms with Gasteiger partial charge in [-0.15, -0.1) is 0 Å². The molecule has 0 nitrogen and oxygen atoms in total. The summed E-state index contributed by atoms with van der Waals surface area (Å²) in [5.74, 6) is 0. The minimum absolute atomic E-state index is 1.08. The van der Waals surface area contributed by atoms with Crippen LogP contribution >= 0.6 is 0 Å². The zero-order chi connectivity index (χ0) is 13.8. The molecule has 3 aromatic rings. The van der Waals surface area contributed by atoms with E-state index >= 15 is 0 Å². The summed E-state index contributed by atoms with van der Waals surface area (Å²) in [6.07, 6.45) is 3.27. The third-order valence-corrected chi connectivity index (χ3v) is 5.03. The van der Waals surface area contributed by atoms with Gasteiger partial charge in [-0.25, -0.2) is 0 Å². The molecule has 0 saturated carbocycles. The second kappa shape index (κ2) is 4.08. The minimum Gasteiger partial charge on any atom is -0.0620 e. The van der Waals surface area contributed by atoms with Crippen molar-refractivity contribution in [3.05, 3.63) is 94.0 Å². The van der Waals surface area contributed by atoms with Gasteiger partial charge >= 0.3 is 0 Å². The summed E-state index contributed by atoms with van der Waals surface area (Å²) in [7, 11) is 0. The van der Waals surface area contributed by atoms with Crippen LogP contribution in [0, 0.1) is 0 Å². The molecule has 0 radical (unpaired) electrons. The van der Waals surface area contributed by atoms with E-state index in [1.807, 2.05) is 0 Å². The second-order valence-electron chi connectivity index (χ2n) is 6.19. The lowest BCUT2D eigenvalue weighted by molar-refractivity contribution is 1.00. The molecular weight excluding hydrogens is 252 g/mol. The standard InChI is InChI=1S/C21H16/c1-2-6-15-13-20-17(11-14(15)5-1)9-10-18-12-16-7-3-4-8-19(16)21(18)20/h1-10H,11-13H2. The zero-order valence-corrected chi connectivity index (χ0v) is 11.9. The third-order valence-electron chi connectivity index (χ3n) is 5.03. The molecule has 0 bridgehead atoms. The summed E-state index contributed by atoms with van der Waals surface area (Å²) < 4.78 is 0. The molecule has 0 amide bonds. The van der Waals surface area contributed by atoms with Crippen molar-refractivity contribution in [2.24, 2.45) is 0 Å². The van der Waals surface area contributed by atoms with Crippen LogP contribution in [0.5, 0.6) is 0 Å². The van der Waals surface area contributed by atoms with E-state index in [-0.39, 0.29) is 0 Å². The van der Waals surface area contributed by atoms with Gasteiger partial charge in [-0.1, -0.05) is 60.7 Å². The number of rotatable bonds is 0. The SMILES string of the molecule is c1ccc2c(c1)Cc1ccc3c(c1C2)-c1ccccc1C3. The Hall–Kier alpha value is -2.34. The van der Waals surface area contributed by atoms with Crippen LogP contribution in [0.1, 0.15) is 33.4 Å². The first kappa shape index (κ1) is 11.3. The molecule has 0 aromatic heterocycles. The number of fused-ring (bicyclic) bond motifs is 6. The molecule has 0 fully saturated rings. The van der Waals surface area contributed by atoms with E-state index in [1.54, 1.807) is 5.56 Å². The topological polar surface area (TPSA) is 0 Å². The van der Waals surface area contributed by atoms with E-state index in [4.69, 9.17) is 0 Å². The van der Waals surface area contributed by atoms with Gasteiger partial charge in [0.2, 0.25) is 0 Å².